The van der Waals surface area contributed by atoms with E-state index in [2.05, 4.69) is 5.32 Å². The Balaban J connectivity index is 2.25. The van der Waals surface area contributed by atoms with Gasteiger partial charge in [-0.1, -0.05) is 0 Å². The van der Waals surface area contributed by atoms with Crippen LogP contribution in [-0.2, 0) is 4.79 Å². The third-order valence-electron chi connectivity index (χ3n) is 2.74. The van der Waals surface area contributed by atoms with Crippen molar-refractivity contribution >= 4 is 33.3 Å². The number of thiophene rings is 1. The zero-order valence-electron chi connectivity index (χ0n) is 10.5. The summed E-state index contributed by atoms with van der Waals surface area (Å²) in [6.07, 6.45) is -1.22. The lowest BCUT2D eigenvalue weighted by Gasteiger charge is -2.16. The quantitative estimate of drug-likeness (QED) is 0.800. The number of benzene rings is 1. The lowest BCUT2D eigenvalue weighted by molar-refractivity contribution is -0.141. The fourth-order valence-corrected chi connectivity index (χ4v) is 2.67. The van der Waals surface area contributed by atoms with Crippen molar-refractivity contribution in [3.8, 4) is 0 Å². The van der Waals surface area contributed by atoms with E-state index in [0.717, 1.165) is 16.0 Å². The number of hydrogen-bond acceptors (Lipinski definition) is 4. The number of aliphatic hydroxyl groups is 1. The summed E-state index contributed by atoms with van der Waals surface area (Å²) >= 11 is 1.13. The Bertz CT molecular complexity index is 667. The molecule has 1 amide bonds. The number of fused-ring (bicyclic) bond motifs is 1. The number of carboxylic acids is 1. The van der Waals surface area contributed by atoms with Gasteiger partial charge >= 0.3 is 5.97 Å². The van der Waals surface area contributed by atoms with Gasteiger partial charge in [0.1, 0.15) is 5.82 Å². The second-order valence-corrected chi connectivity index (χ2v) is 5.41. The highest BCUT2D eigenvalue weighted by Gasteiger charge is 2.26. The minimum atomic E-state index is -1.38. The monoisotopic (exact) mass is 297 g/mol. The van der Waals surface area contributed by atoms with Gasteiger partial charge in [0, 0.05) is 4.70 Å². The Morgan fingerprint density at radius 1 is 1.35 bits per heavy atom. The molecule has 1 aromatic carbocycles. The molecule has 7 heteroatoms. The minimum absolute atomic E-state index is 0.262. The van der Waals surface area contributed by atoms with Crippen molar-refractivity contribution in [3.63, 3.8) is 0 Å². The fourth-order valence-electron chi connectivity index (χ4n) is 1.73. The predicted molar refractivity (Wildman–Crippen MR) is 72.4 cm³/mol. The maximum absolute atomic E-state index is 13.1. The molecule has 0 fully saturated rings. The van der Waals surface area contributed by atoms with E-state index in [9.17, 15) is 19.1 Å². The van der Waals surface area contributed by atoms with Gasteiger partial charge in [-0.2, -0.15) is 0 Å². The lowest BCUT2D eigenvalue weighted by Crippen LogP contribution is -2.47. The second kappa shape index (κ2) is 5.56. The largest absolute Gasteiger partial charge is 0.480 e. The highest BCUT2D eigenvalue weighted by atomic mass is 32.1. The van der Waals surface area contributed by atoms with Crippen molar-refractivity contribution in [2.75, 3.05) is 0 Å². The molecule has 0 saturated carbocycles. The summed E-state index contributed by atoms with van der Waals surface area (Å²) in [6, 6.07) is 4.24. The van der Waals surface area contributed by atoms with Crippen LogP contribution in [0.2, 0.25) is 0 Å². The van der Waals surface area contributed by atoms with Gasteiger partial charge in [0.05, 0.1) is 11.0 Å². The van der Waals surface area contributed by atoms with E-state index in [1.54, 1.807) is 6.07 Å². The van der Waals surface area contributed by atoms with Crippen molar-refractivity contribution in [2.45, 2.75) is 19.1 Å². The molecule has 2 atom stereocenters. The first-order chi connectivity index (χ1) is 9.38. The van der Waals surface area contributed by atoms with E-state index in [1.807, 2.05) is 0 Å². The molecule has 3 N–H and O–H groups in total. The van der Waals surface area contributed by atoms with Crippen molar-refractivity contribution < 1.29 is 24.2 Å². The number of amides is 1. The average molecular weight is 297 g/mol. The molecule has 106 valence electrons. The summed E-state index contributed by atoms with van der Waals surface area (Å²) in [7, 11) is 0. The summed E-state index contributed by atoms with van der Waals surface area (Å²) in [5.41, 5.74) is 0. The fraction of sp³-hybridized carbons (Fsp3) is 0.231. The van der Waals surface area contributed by atoms with Gasteiger partial charge in [-0.05, 0) is 36.6 Å². The molecule has 0 unspecified atom stereocenters. The van der Waals surface area contributed by atoms with Crippen LogP contribution in [0.15, 0.2) is 24.3 Å². The van der Waals surface area contributed by atoms with Gasteiger partial charge in [-0.3, -0.25) is 4.79 Å². The number of carbonyl (C=O) groups is 2. The highest BCUT2D eigenvalue weighted by molar-refractivity contribution is 7.20. The molecule has 2 aromatic rings. The molecular formula is C13H12FNO4S. The molecule has 5 nitrogen and oxygen atoms in total. The molecule has 0 radical (unpaired) electrons. The summed E-state index contributed by atoms with van der Waals surface area (Å²) in [6.45, 7) is 1.28. The molecule has 0 bridgehead atoms. The van der Waals surface area contributed by atoms with Gasteiger partial charge < -0.3 is 15.5 Å². The molecule has 20 heavy (non-hydrogen) atoms. The van der Waals surface area contributed by atoms with E-state index >= 15 is 0 Å². The SMILES string of the molecule is C[C@@H](O)[C@H](NC(=O)c1cc2cc(F)ccc2s1)C(=O)O. The first-order valence-electron chi connectivity index (χ1n) is 5.79. The van der Waals surface area contributed by atoms with Gasteiger partial charge in [0.2, 0.25) is 0 Å². The summed E-state index contributed by atoms with van der Waals surface area (Å²) in [5.74, 6) is -2.34. The second-order valence-electron chi connectivity index (χ2n) is 4.32. The molecule has 0 aliphatic heterocycles. The third kappa shape index (κ3) is 2.94. The number of aliphatic hydroxyl groups excluding tert-OH is 1. The van der Waals surface area contributed by atoms with Crippen LogP contribution in [0, 0.1) is 5.82 Å². The van der Waals surface area contributed by atoms with Crippen molar-refractivity contribution in [3.05, 3.63) is 35.0 Å². The Morgan fingerprint density at radius 3 is 2.65 bits per heavy atom. The van der Waals surface area contributed by atoms with Gasteiger partial charge in [0.25, 0.3) is 5.91 Å². The number of carbonyl (C=O) groups excluding carboxylic acids is 1. The number of hydrogen-bond donors (Lipinski definition) is 3. The van der Waals surface area contributed by atoms with E-state index in [-0.39, 0.29) is 4.88 Å². The van der Waals surface area contributed by atoms with Gasteiger partial charge in [-0.15, -0.1) is 11.3 Å². The van der Waals surface area contributed by atoms with Gasteiger partial charge in [-0.25, -0.2) is 9.18 Å². The third-order valence-corrected chi connectivity index (χ3v) is 3.85. The molecule has 0 spiro atoms. The maximum Gasteiger partial charge on any atom is 0.328 e. The van der Waals surface area contributed by atoms with Gasteiger partial charge in [0.15, 0.2) is 6.04 Å². The molecular weight excluding hydrogens is 285 g/mol. The van der Waals surface area contributed by atoms with Crippen LogP contribution in [0.1, 0.15) is 16.6 Å². The Kier molecular flexibility index (Phi) is 4.01. The van der Waals surface area contributed by atoms with E-state index < -0.39 is 29.8 Å². The van der Waals surface area contributed by atoms with Crippen LogP contribution >= 0.6 is 11.3 Å². The van der Waals surface area contributed by atoms with Crippen LogP contribution in [0.25, 0.3) is 10.1 Å². The molecule has 0 aliphatic rings. The standard InChI is InChI=1S/C13H12FNO4S/c1-6(16)11(13(18)19)15-12(17)10-5-7-4-8(14)2-3-9(7)20-10/h2-6,11,16H,1H3,(H,15,17)(H,18,19)/t6-,11+/m1/s1. The predicted octanol–water partition coefficient (Wildman–Crippen LogP) is 1.60. The number of nitrogens with one attached hydrogen (secondary N) is 1. The van der Waals surface area contributed by atoms with Crippen molar-refractivity contribution in [1.29, 1.82) is 0 Å². The molecule has 1 aromatic heterocycles. The van der Waals surface area contributed by atoms with Crippen molar-refractivity contribution in [1.82, 2.24) is 5.32 Å². The normalized spacial score (nSPS) is 13.9. The van der Waals surface area contributed by atoms with E-state index in [0.29, 0.717) is 5.39 Å². The minimum Gasteiger partial charge on any atom is -0.480 e. The number of aliphatic carboxylic acids is 1. The Hall–Kier alpha value is -1.99. The van der Waals surface area contributed by atoms with Crippen LogP contribution in [0.3, 0.4) is 0 Å². The smallest absolute Gasteiger partial charge is 0.328 e. The van der Waals surface area contributed by atoms with Crippen LogP contribution < -0.4 is 5.32 Å². The maximum atomic E-state index is 13.1. The van der Waals surface area contributed by atoms with Crippen LogP contribution in [-0.4, -0.2) is 34.2 Å². The zero-order chi connectivity index (χ0) is 14.9. The van der Waals surface area contributed by atoms with E-state index in [1.165, 1.54) is 25.1 Å². The number of halogens is 1. The topological polar surface area (TPSA) is 86.6 Å². The molecule has 1 heterocycles. The Labute approximate surface area is 117 Å². The summed E-state index contributed by atoms with van der Waals surface area (Å²) in [5, 5.41) is 21.0. The molecule has 0 saturated heterocycles. The first-order valence-corrected chi connectivity index (χ1v) is 6.61. The summed E-state index contributed by atoms with van der Waals surface area (Å²) in [4.78, 5) is 23.1. The first kappa shape index (κ1) is 14.4. The summed E-state index contributed by atoms with van der Waals surface area (Å²) < 4.78 is 13.8. The average Bonchev–Trinajstić information content (AvgIpc) is 2.77. The molecule has 0 aliphatic carbocycles. The van der Waals surface area contributed by atoms with Crippen LogP contribution in [0.4, 0.5) is 4.39 Å². The highest BCUT2D eigenvalue weighted by Crippen LogP contribution is 2.26. The van der Waals surface area contributed by atoms with Crippen molar-refractivity contribution in [2.24, 2.45) is 0 Å². The number of rotatable bonds is 4. The lowest BCUT2D eigenvalue weighted by atomic mass is 10.2. The Morgan fingerprint density at radius 2 is 2.05 bits per heavy atom. The van der Waals surface area contributed by atoms with Crippen LogP contribution in [0.5, 0.6) is 0 Å². The zero-order valence-corrected chi connectivity index (χ0v) is 11.3. The number of carboxylic acid groups (broad SMARTS) is 1. The van der Waals surface area contributed by atoms with E-state index in [4.69, 9.17) is 5.11 Å². The molecule has 2 rings (SSSR count).